The fourth-order valence-electron chi connectivity index (χ4n) is 4.20. The van der Waals surface area contributed by atoms with E-state index in [-0.39, 0.29) is 30.5 Å². The monoisotopic (exact) mass is 485 g/mol. The molecule has 2 atom stereocenters. The number of benzene rings is 1. The van der Waals surface area contributed by atoms with Crippen LogP contribution in [0.15, 0.2) is 30.5 Å². The van der Waals surface area contributed by atoms with Crippen LogP contribution in [-0.4, -0.2) is 62.9 Å². The van der Waals surface area contributed by atoms with Crippen molar-refractivity contribution in [2.75, 3.05) is 12.8 Å². The first-order valence-corrected chi connectivity index (χ1v) is 13.1. The number of imidazole rings is 1. The van der Waals surface area contributed by atoms with E-state index >= 15 is 0 Å². The minimum Gasteiger partial charge on any atom is -0.444 e. The molecule has 0 radical (unpaired) electrons. The van der Waals surface area contributed by atoms with E-state index in [0.717, 1.165) is 29.0 Å². The predicted molar refractivity (Wildman–Crippen MR) is 137 cm³/mol. The van der Waals surface area contributed by atoms with Crippen LogP contribution in [-0.2, 0) is 14.0 Å². The van der Waals surface area contributed by atoms with E-state index < -0.39 is 5.60 Å². The number of thioether (sulfide) groups is 1. The highest BCUT2D eigenvalue weighted by molar-refractivity contribution is 7.99. The first-order chi connectivity index (χ1) is 15.8. The SMILES string of the molecule is CS[C@H]1C[C@@H](c2ncc(-c3ccc(B4OC(C)(C)C(C)(C)O4)cc3)[nH]2)N(C(=O)OC(C)(C)C)C1. The Morgan fingerprint density at radius 1 is 1.18 bits per heavy atom. The number of carbonyl (C=O) groups is 1. The third kappa shape index (κ3) is 5.02. The van der Waals surface area contributed by atoms with Gasteiger partial charge in [0, 0.05) is 11.8 Å². The predicted octanol–water partition coefficient (Wildman–Crippen LogP) is 4.79. The van der Waals surface area contributed by atoms with Crippen LogP contribution < -0.4 is 5.46 Å². The minimum absolute atomic E-state index is 0.134. The number of rotatable bonds is 4. The van der Waals surface area contributed by atoms with Gasteiger partial charge in [-0.1, -0.05) is 24.3 Å². The Bertz CT molecular complexity index is 1020. The summed E-state index contributed by atoms with van der Waals surface area (Å²) >= 11 is 1.77. The molecule has 1 N–H and O–H groups in total. The van der Waals surface area contributed by atoms with E-state index in [2.05, 4.69) is 43.9 Å². The number of nitrogens with zero attached hydrogens (tertiary/aromatic N) is 2. The zero-order valence-electron chi connectivity index (χ0n) is 21.5. The second-order valence-corrected chi connectivity index (χ2v) is 12.3. The fraction of sp³-hybridized carbons (Fsp3) is 0.600. The molecule has 2 aliphatic rings. The lowest BCUT2D eigenvalue weighted by atomic mass is 9.79. The van der Waals surface area contributed by atoms with Crippen LogP contribution in [0.5, 0.6) is 0 Å². The van der Waals surface area contributed by atoms with Gasteiger partial charge >= 0.3 is 13.2 Å². The number of carbonyl (C=O) groups excluding carboxylic acids is 1. The van der Waals surface area contributed by atoms with E-state index in [1.165, 1.54) is 0 Å². The molecule has 3 heterocycles. The third-order valence-corrected chi connectivity index (χ3v) is 7.89. The summed E-state index contributed by atoms with van der Waals surface area (Å²) in [6.07, 6.45) is 4.46. The Kier molecular flexibility index (Phi) is 6.59. The number of likely N-dealkylation sites (tertiary alicyclic amines) is 1. The molecule has 1 aromatic heterocycles. The van der Waals surface area contributed by atoms with Gasteiger partial charge in [-0.2, -0.15) is 11.8 Å². The summed E-state index contributed by atoms with van der Waals surface area (Å²) in [6, 6.07) is 8.02. The van der Waals surface area contributed by atoms with E-state index in [1.807, 2.05) is 51.2 Å². The molecule has 0 unspecified atom stereocenters. The van der Waals surface area contributed by atoms with Crippen molar-refractivity contribution in [3.63, 3.8) is 0 Å². The van der Waals surface area contributed by atoms with Crippen LogP contribution >= 0.6 is 11.8 Å². The quantitative estimate of drug-likeness (QED) is 0.628. The summed E-state index contributed by atoms with van der Waals surface area (Å²) in [6.45, 7) is 14.5. The van der Waals surface area contributed by atoms with Crippen LogP contribution in [0.3, 0.4) is 0 Å². The van der Waals surface area contributed by atoms with E-state index in [1.54, 1.807) is 16.7 Å². The second-order valence-electron chi connectivity index (χ2n) is 11.1. The molecule has 184 valence electrons. The Balaban J connectivity index is 1.51. The molecule has 0 aliphatic carbocycles. The summed E-state index contributed by atoms with van der Waals surface area (Å²) in [5, 5.41) is 0.352. The molecular formula is C25H36BN3O4S. The average molecular weight is 485 g/mol. The van der Waals surface area contributed by atoms with Gasteiger partial charge in [-0.3, -0.25) is 4.90 Å². The average Bonchev–Trinajstić information content (AvgIpc) is 3.43. The van der Waals surface area contributed by atoms with Gasteiger partial charge in [-0.25, -0.2) is 9.78 Å². The molecule has 2 aromatic rings. The maximum Gasteiger partial charge on any atom is 0.494 e. The molecule has 2 saturated heterocycles. The lowest BCUT2D eigenvalue weighted by Gasteiger charge is -2.32. The standard InChI is InChI=1S/C25H36BN3O4S/c1-23(2,3)31-22(30)29-15-18(34-8)13-20(29)21-27-14-19(28-21)16-9-11-17(12-10-16)26-32-24(4,5)25(6,7)33-26/h9-12,14,18,20H,13,15H2,1-8H3,(H,27,28)/t18-,20-/m0/s1. The number of aromatic amines is 1. The Morgan fingerprint density at radius 3 is 2.35 bits per heavy atom. The zero-order chi connectivity index (χ0) is 24.9. The van der Waals surface area contributed by atoms with E-state index in [0.29, 0.717) is 11.8 Å². The van der Waals surface area contributed by atoms with Gasteiger partial charge in [0.1, 0.15) is 11.4 Å². The molecule has 0 bridgehead atoms. The maximum absolute atomic E-state index is 12.9. The van der Waals surface area contributed by atoms with Crippen molar-refractivity contribution in [2.45, 2.75) is 83.0 Å². The molecule has 34 heavy (non-hydrogen) atoms. The van der Waals surface area contributed by atoms with Crippen molar-refractivity contribution in [1.82, 2.24) is 14.9 Å². The number of hydrogen-bond acceptors (Lipinski definition) is 6. The lowest BCUT2D eigenvalue weighted by molar-refractivity contribution is 0.00578. The number of amides is 1. The molecule has 1 amide bonds. The highest BCUT2D eigenvalue weighted by Crippen LogP contribution is 2.38. The zero-order valence-corrected chi connectivity index (χ0v) is 22.3. The molecule has 9 heteroatoms. The van der Waals surface area contributed by atoms with Crippen LogP contribution in [0.2, 0.25) is 0 Å². The molecule has 4 rings (SSSR count). The van der Waals surface area contributed by atoms with Crippen LogP contribution in [0.25, 0.3) is 11.3 Å². The van der Waals surface area contributed by atoms with Crippen molar-refractivity contribution < 1.29 is 18.8 Å². The Labute approximate surface area is 207 Å². The first-order valence-electron chi connectivity index (χ1n) is 11.8. The number of ether oxygens (including phenoxy) is 1. The highest BCUT2D eigenvalue weighted by Gasteiger charge is 2.51. The fourth-order valence-corrected chi connectivity index (χ4v) is 4.89. The van der Waals surface area contributed by atoms with Gasteiger partial charge in [0.25, 0.3) is 0 Å². The van der Waals surface area contributed by atoms with Crippen LogP contribution in [0.1, 0.15) is 66.8 Å². The van der Waals surface area contributed by atoms with Crippen LogP contribution in [0.4, 0.5) is 4.79 Å². The number of nitrogens with one attached hydrogen (secondary N) is 1. The second kappa shape index (κ2) is 8.92. The highest BCUT2D eigenvalue weighted by atomic mass is 32.2. The molecule has 1 aromatic carbocycles. The maximum atomic E-state index is 12.9. The summed E-state index contributed by atoms with van der Waals surface area (Å²) in [4.78, 5) is 22.8. The molecule has 7 nitrogen and oxygen atoms in total. The molecular weight excluding hydrogens is 449 g/mol. The van der Waals surface area contributed by atoms with Crippen molar-refractivity contribution >= 4 is 30.4 Å². The summed E-state index contributed by atoms with van der Waals surface area (Å²) < 4.78 is 18.0. The topological polar surface area (TPSA) is 76.7 Å². The number of aromatic nitrogens is 2. The van der Waals surface area contributed by atoms with Gasteiger partial charge in [-0.05, 0) is 72.2 Å². The normalized spacial score (nSPS) is 24.0. The van der Waals surface area contributed by atoms with Gasteiger partial charge < -0.3 is 19.0 Å². The van der Waals surface area contributed by atoms with E-state index in [4.69, 9.17) is 14.0 Å². The summed E-state index contributed by atoms with van der Waals surface area (Å²) in [7, 11) is -0.388. The number of H-pyrrole nitrogens is 1. The smallest absolute Gasteiger partial charge is 0.444 e. The third-order valence-electron chi connectivity index (χ3n) is 6.88. The minimum atomic E-state index is -0.535. The van der Waals surface area contributed by atoms with Crippen molar-refractivity contribution in [3.8, 4) is 11.3 Å². The van der Waals surface area contributed by atoms with Crippen LogP contribution in [0, 0.1) is 0 Å². The first kappa shape index (κ1) is 25.1. The van der Waals surface area contributed by atoms with Gasteiger partial charge in [0.15, 0.2) is 0 Å². The van der Waals surface area contributed by atoms with Crippen molar-refractivity contribution in [3.05, 3.63) is 36.3 Å². The van der Waals surface area contributed by atoms with Gasteiger partial charge in [0.05, 0.1) is 29.1 Å². The molecule has 0 saturated carbocycles. The van der Waals surface area contributed by atoms with Crippen molar-refractivity contribution in [1.29, 1.82) is 0 Å². The molecule has 2 fully saturated rings. The lowest BCUT2D eigenvalue weighted by Crippen LogP contribution is -2.41. The Morgan fingerprint density at radius 2 is 1.79 bits per heavy atom. The molecule has 0 spiro atoms. The summed E-state index contributed by atoms with van der Waals surface area (Å²) in [5.41, 5.74) is 1.63. The van der Waals surface area contributed by atoms with E-state index in [9.17, 15) is 4.79 Å². The van der Waals surface area contributed by atoms with Crippen molar-refractivity contribution in [2.24, 2.45) is 0 Å². The largest absolute Gasteiger partial charge is 0.494 e. The summed E-state index contributed by atoms with van der Waals surface area (Å²) in [5.74, 6) is 0.785. The Hall–Kier alpha value is -1.97. The molecule has 2 aliphatic heterocycles. The van der Waals surface area contributed by atoms with Gasteiger partial charge in [0.2, 0.25) is 0 Å². The van der Waals surface area contributed by atoms with Gasteiger partial charge in [-0.15, -0.1) is 0 Å². The number of hydrogen-bond donors (Lipinski definition) is 1.